The van der Waals surface area contributed by atoms with E-state index in [0.29, 0.717) is 5.56 Å². The van der Waals surface area contributed by atoms with Gasteiger partial charge in [0.15, 0.2) is 0 Å². The van der Waals surface area contributed by atoms with Crippen LogP contribution < -0.4 is 5.73 Å². The number of benzene rings is 3. The summed E-state index contributed by atoms with van der Waals surface area (Å²) in [5.41, 5.74) is 9.25. The number of hydrogen-bond acceptors (Lipinski definition) is 3. The van der Waals surface area contributed by atoms with Crippen LogP contribution in [0.1, 0.15) is 28.8 Å². The van der Waals surface area contributed by atoms with E-state index in [4.69, 9.17) is 10.7 Å². The maximum atomic E-state index is 9.93. The molecule has 0 saturated carbocycles. The zero-order chi connectivity index (χ0) is 16.8. The monoisotopic (exact) mass is 316 g/mol. The van der Waals surface area contributed by atoms with E-state index >= 15 is 0 Å². The van der Waals surface area contributed by atoms with Crippen LogP contribution in [0.5, 0.6) is 5.75 Å². The van der Waals surface area contributed by atoms with Crippen LogP contribution in [0.25, 0.3) is 0 Å². The molecular formula is C21H20N2O. The van der Waals surface area contributed by atoms with Crippen LogP contribution in [0.2, 0.25) is 0 Å². The van der Waals surface area contributed by atoms with Crippen LogP contribution in [0.3, 0.4) is 0 Å². The summed E-state index contributed by atoms with van der Waals surface area (Å²) in [5, 5.41) is 9.93. The molecule has 0 heterocycles. The van der Waals surface area contributed by atoms with E-state index < -0.39 is 0 Å². The molecule has 0 saturated heterocycles. The Bertz CT molecular complexity index is 800. The van der Waals surface area contributed by atoms with Crippen molar-refractivity contribution in [1.82, 2.24) is 0 Å². The molecule has 0 aliphatic heterocycles. The number of para-hydroxylation sites is 1. The molecule has 2 unspecified atom stereocenters. The minimum Gasteiger partial charge on any atom is -0.507 e. The molecule has 3 aromatic rings. The molecule has 3 heteroatoms. The van der Waals surface area contributed by atoms with Crippen LogP contribution in [0.4, 0.5) is 0 Å². The third-order valence-corrected chi connectivity index (χ3v) is 3.98. The Morgan fingerprint density at radius 2 is 1.29 bits per heavy atom. The SMILES string of the molecule is NC(c1ccccc1)C(N=Cc1ccccc1O)c1ccccc1. The zero-order valence-electron chi connectivity index (χ0n) is 13.3. The normalized spacial score (nSPS) is 13.7. The predicted octanol–water partition coefficient (Wildman–Crippen LogP) is 4.25. The quantitative estimate of drug-likeness (QED) is 0.691. The van der Waals surface area contributed by atoms with E-state index in [-0.39, 0.29) is 17.8 Å². The van der Waals surface area contributed by atoms with E-state index in [1.807, 2.05) is 72.8 Å². The molecule has 3 rings (SSSR count). The third-order valence-electron chi connectivity index (χ3n) is 3.98. The fourth-order valence-electron chi connectivity index (χ4n) is 2.65. The van der Waals surface area contributed by atoms with E-state index in [1.54, 1.807) is 18.3 Å². The van der Waals surface area contributed by atoms with Gasteiger partial charge in [0.2, 0.25) is 0 Å². The molecule has 0 aromatic heterocycles. The van der Waals surface area contributed by atoms with Gasteiger partial charge >= 0.3 is 0 Å². The first-order valence-electron chi connectivity index (χ1n) is 7.92. The number of aliphatic imine (C=N–C) groups is 1. The molecule has 3 nitrogen and oxygen atoms in total. The molecule has 0 spiro atoms. The first-order valence-corrected chi connectivity index (χ1v) is 7.92. The summed E-state index contributed by atoms with van der Waals surface area (Å²) >= 11 is 0. The van der Waals surface area contributed by atoms with Gasteiger partial charge in [-0.05, 0) is 23.3 Å². The van der Waals surface area contributed by atoms with Crippen molar-refractivity contribution < 1.29 is 5.11 Å². The highest BCUT2D eigenvalue weighted by Gasteiger charge is 2.20. The minimum absolute atomic E-state index is 0.210. The van der Waals surface area contributed by atoms with Crippen molar-refractivity contribution in [2.24, 2.45) is 10.7 Å². The molecule has 0 aliphatic rings. The number of phenolic OH excluding ortho intramolecular Hbond substituents is 1. The summed E-state index contributed by atoms with van der Waals surface area (Å²) in [4.78, 5) is 4.69. The largest absolute Gasteiger partial charge is 0.507 e. The van der Waals surface area contributed by atoms with Gasteiger partial charge in [-0.15, -0.1) is 0 Å². The zero-order valence-corrected chi connectivity index (χ0v) is 13.3. The Hall–Kier alpha value is -2.91. The Morgan fingerprint density at radius 3 is 1.92 bits per heavy atom. The highest BCUT2D eigenvalue weighted by atomic mass is 16.3. The first-order chi connectivity index (χ1) is 11.8. The highest BCUT2D eigenvalue weighted by molar-refractivity contribution is 5.83. The highest BCUT2D eigenvalue weighted by Crippen LogP contribution is 2.30. The summed E-state index contributed by atoms with van der Waals surface area (Å²) in [6, 6.07) is 26.6. The van der Waals surface area contributed by atoms with Crippen molar-refractivity contribution in [1.29, 1.82) is 0 Å². The van der Waals surface area contributed by atoms with E-state index in [9.17, 15) is 5.11 Å². The molecule has 3 N–H and O–H groups in total. The maximum absolute atomic E-state index is 9.93. The van der Waals surface area contributed by atoms with Gasteiger partial charge in [-0.25, -0.2) is 0 Å². The number of hydrogen-bond donors (Lipinski definition) is 2. The predicted molar refractivity (Wildman–Crippen MR) is 98.3 cm³/mol. The van der Waals surface area contributed by atoms with Gasteiger partial charge in [-0.3, -0.25) is 4.99 Å². The Labute approximate surface area is 142 Å². The van der Waals surface area contributed by atoms with Crippen LogP contribution in [-0.2, 0) is 0 Å². The Morgan fingerprint density at radius 1 is 0.750 bits per heavy atom. The second kappa shape index (κ2) is 7.57. The van der Waals surface area contributed by atoms with E-state index in [0.717, 1.165) is 11.1 Å². The molecular weight excluding hydrogens is 296 g/mol. The van der Waals surface area contributed by atoms with Crippen molar-refractivity contribution in [3.63, 3.8) is 0 Å². The second-order valence-corrected chi connectivity index (χ2v) is 5.63. The van der Waals surface area contributed by atoms with Crippen molar-refractivity contribution in [2.75, 3.05) is 0 Å². The topological polar surface area (TPSA) is 58.6 Å². The van der Waals surface area contributed by atoms with Crippen molar-refractivity contribution >= 4 is 6.21 Å². The molecule has 0 bridgehead atoms. The third kappa shape index (κ3) is 3.70. The number of phenols is 1. The molecule has 0 amide bonds. The summed E-state index contributed by atoms with van der Waals surface area (Å²) in [7, 11) is 0. The number of aromatic hydroxyl groups is 1. The smallest absolute Gasteiger partial charge is 0.124 e. The van der Waals surface area contributed by atoms with Gasteiger partial charge in [-0.1, -0.05) is 72.8 Å². The summed E-state index contributed by atoms with van der Waals surface area (Å²) < 4.78 is 0. The molecule has 120 valence electrons. The molecule has 24 heavy (non-hydrogen) atoms. The van der Waals surface area contributed by atoms with Gasteiger partial charge in [0.1, 0.15) is 5.75 Å². The fourth-order valence-corrected chi connectivity index (χ4v) is 2.65. The van der Waals surface area contributed by atoms with Gasteiger partial charge in [0.25, 0.3) is 0 Å². The summed E-state index contributed by atoms with van der Waals surface area (Å²) in [5.74, 6) is 0.210. The van der Waals surface area contributed by atoms with Crippen molar-refractivity contribution in [3.05, 3.63) is 102 Å². The van der Waals surface area contributed by atoms with Gasteiger partial charge in [-0.2, -0.15) is 0 Å². The molecule has 0 fully saturated rings. The van der Waals surface area contributed by atoms with Gasteiger partial charge in [0, 0.05) is 11.8 Å². The molecule has 2 atom stereocenters. The van der Waals surface area contributed by atoms with Gasteiger partial charge < -0.3 is 10.8 Å². The van der Waals surface area contributed by atoms with Gasteiger partial charge in [0.05, 0.1) is 12.1 Å². The minimum atomic E-state index is -0.268. The fraction of sp³-hybridized carbons (Fsp3) is 0.0952. The average molecular weight is 316 g/mol. The van der Waals surface area contributed by atoms with Crippen LogP contribution in [0.15, 0.2) is 89.9 Å². The Kier molecular flexibility index (Phi) is 5.04. The number of rotatable bonds is 5. The lowest BCUT2D eigenvalue weighted by Gasteiger charge is -2.21. The van der Waals surface area contributed by atoms with Crippen LogP contribution in [-0.4, -0.2) is 11.3 Å². The first kappa shape index (κ1) is 16.0. The lowest BCUT2D eigenvalue weighted by molar-refractivity contribution is 0.474. The summed E-state index contributed by atoms with van der Waals surface area (Å²) in [6.07, 6.45) is 1.69. The molecule has 0 aliphatic carbocycles. The van der Waals surface area contributed by atoms with E-state index in [2.05, 4.69) is 0 Å². The average Bonchev–Trinajstić information content (AvgIpc) is 2.65. The number of nitrogens with two attached hydrogens (primary N) is 1. The Balaban J connectivity index is 1.95. The summed E-state index contributed by atoms with van der Waals surface area (Å²) in [6.45, 7) is 0. The maximum Gasteiger partial charge on any atom is 0.124 e. The van der Waals surface area contributed by atoms with Crippen LogP contribution >= 0.6 is 0 Å². The lowest BCUT2D eigenvalue weighted by Crippen LogP contribution is -2.18. The van der Waals surface area contributed by atoms with E-state index in [1.165, 1.54) is 0 Å². The standard InChI is InChI=1S/C21H20N2O/c22-20(16-9-3-1-4-10-16)21(17-11-5-2-6-12-17)23-15-18-13-7-8-14-19(18)24/h1-15,20-21,24H,22H2. The second-order valence-electron chi connectivity index (χ2n) is 5.63. The molecule has 3 aromatic carbocycles. The molecule has 0 radical (unpaired) electrons. The van der Waals surface area contributed by atoms with Crippen LogP contribution in [0, 0.1) is 0 Å². The van der Waals surface area contributed by atoms with Crippen molar-refractivity contribution in [3.8, 4) is 5.75 Å². The number of nitrogens with zero attached hydrogens (tertiary/aromatic N) is 1. The lowest BCUT2D eigenvalue weighted by atomic mass is 9.94. The van der Waals surface area contributed by atoms with Crippen molar-refractivity contribution in [2.45, 2.75) is 12.1 Å².